The van der Waals surface area contributed by atoms with E-state index in [-0.39, 0.29) is 0 Å². The summed E-state index contributed by atoms with van der Waals surface area (Å²) in [7, 11) is 0. The van der Waals surface area contributed by atoms with Gasteiger partial charge < -0.3 is 0 Å². The van der Waals surface area contributed by atoms with Gasteiger partial charge in [0.1, 0.15) is 0 Å². The first-order valence-corrected chi connectivity index (χ1v) is 8.83. The molecule has 0 aromatic carbocycles. The van der Waals surface area contributed by atoms with E-state index in [4.69, 9.17) is 0 Å². The van der Waals surface area contributed by atoms with Crippen LogP contribution in [0.15, 0.2) is 0 Å². The molecule has 3 saturated carbocycles. The number of hydrogen-bond donors (Lipinski definition) is 0. The van der Waals surface area contributed by atoms with Crippen molar-refractivity contribution in [3.63, 3.8) is 0 Å². The quantitative estimate of drug-likeness (QED) is 0.715. The van der Waals surface area contributed by atoms with Crippen molar-refractivity contribution in [3.8, 4) is 0 Å². The van der Waals surface area contributed by atoms with Gasteiger partial charge in [-0.15, -0.1) is 0 Å². The SMILES string of the molecule is CC1CN2CCCCC2CN1C1C2C3CCC(C3)C21. The second kappa shape index (κ2) is 3.98. The fourth-order valence-electron chi connectivity index (χ4n) is 6.51. The van der Waals surface area contributed by atoms with E-state index in [0.29, 0.717) is 0 Å². The van der Waals surface area contributed by atoms with Crippen LogP contribution in [0, 0.1) is 23.7 Å². The van der Waals surface area contributed by atoms with Gasteiger partial charge in [0.05, 0.1) is 0 Å². The van der Waals surface area contributed by atoms with Crippen LogP contribution in [-0.4, -0.2) is 47.6 Å². The highest BCUT2D eigenvalue weighted by Crippen LogP contribution is 2.67. The Kier molecular flexibility index (Phi) is 2.42. The minimum absolute atomic E-state index is 0.823. The van der Waals surface area contributed by atoms with Gasteiger partial charge in [-0.25, -0.2) is 0 Å². The van der Waals surface area contributed by atoms with Gasteiger partial charge in [-0.2, -0.15) is 0 Å². The van der Waals surface area contributed by atoms with E-state index in [1.165, 1.54) is 38.9 Å². The summed E-state index contributed by atoms with van der Waals surface area (Å²) in [6, 6.07) is 2.75. The molecule has 0 aromatic rings. The lowest BCUT2D eigenvalue weighted by Crippen LogP contribution is -2.59. The van der Waals surface area contributed by atoms with Crippen molar-refractivity contribution in [2.45, 2.75) is 63.6 Å². The minimum Gasteiger partial charge on any atom is -0.298 e. The Hall–Kier alpha value is -0.0800. The van der Waals surface area contributed by atoms with Crippen molar-refractivity contribution in [3.05, 3.63) is 0 Å². The molecule has 6 atom stereocenters. The molecule has 3 aliphatic carbocycles. The van der Waals surface area contributed by atoms with Gasteiger partial charge in [-0.05, 0) is 69.2 Å². The summed E-state index contributed by atoms with van der Waals surface area (Å²) in [6.45, 7) is 6.64. The second-order valence-corrected chi connectivity index (χ2v) is 8.17. The van der Waals surface area contributed by atoms with Crippen molar-refractivity contribution >= 4 is 0 Å². The summed E-state index contributed by atoms with van der Waals surface area (Å²) in [5.74, 6) is 4.54. The minimum atomic E-state index is 0.823. The second-order valence-electron chi connectivity index (χ2n) is 8.17. The lowest BCUT2D eigenvalue weighted by Gasteiger charge is -2.48. The van der Waals surface area contributed by atoms with Crippen molar-refractivity contribution in [1.29, 1.82) is 0 Å². The topological polar surface area (TPSA) is 6.48 Å². The highest BCUT2D eigenvalue weighted by atomic mass is 15.3. The van der Waals surface area contributed by atoms with Gasteiger partial charge >= 0.3 is 0 Å². The highest BCUT2D eigenvalue weighted by Gasteiger charge is 2.67. The van der Waals surface area contributed by atoms with Gasteiger partial charge in [0.25, 0.3) is 0 Å². The van der Waals surface area contributed by atoms with Gasteiger partial charge in [0.15, 0.2) is 0 Å². The molecule has 106 valence electrons. The maximum Gasteiger partial charge on any atom is 0.0224 e. The van der Waals surface area contributed by atoms with E-state index in [1.54, 1.807) is 19.3 Å². The third-order valence-corrected chi connectivity index (χ3v) is 7.31. The Morgan fingerprint density at radius 1 is 0.895 bits per heavy atom. The first-order chi connectivity index (χ1) is 9.33. The van der Waals surface area contributed by atoms with E-state index in [0.717, 1.165) is 41.8 Å². The molecule has 0 aromatic heterocycles. The Bertz CT molecular complexity index is 365. The summed E-state index contributed by atoms with van der Waals surface area (Å²) in [5.41, 5.74) is 0. The maximum atomic E-state index is 2.96. The normalized spacial score (nSPS) is 57.0. The fourth-order valence-corrected chi connectivity index (χ4v) is 6.51. The molecular formula is C17H28N2. The number of piperazine rings is 1. The molecule has 0 radical (unpaired) electrons. The van der Waals surface area contributed by atoms with E-state index in [1.807, 2.05) is 0 Å². The molecule has 0 amide bonds. The Morgan fingerprint density at radius 3 is 2.47 bits per heavy atom. The lowest BCUT2D eigenvalue weighted by atomic mass is 9.95. The summed E-state index contributed by atoms with van der Waals surface area (Å²) >= 11 is 0. The number of hydrogen-bond acceptors (Lipinski definition) is 2. The first-order valence-electron chi connectivity index (χ1n) is 8.83. The zero-order chi connectivity index (χ0) is 12.6. The van der Waals surface area contributed by atoms with Gasteiger partial charge in [0.2, 0.25) is 0 Å². The molecule has 2 heterocycles. The molecule has 5 fully saturated rings. The van der Waals surface area contributed by atoms with Crippen molar-refractivity contribution in [2.75, 3.05) is 19.6 Å². The maximum absolute atomic E-state index is 2.96. The van der Waals surface area contributed by atoms with E-state index >= 15 is 0 Å². The zero-order valence-electron chi connectivity index (χ0n) is 12.3. The van der Waals surface area contributed by atoms with Crippen LogP contribution in [-0.2, 0) is 0 Å². The number of rotatable bonds is 1. The lowest BCUT2D eigenvalue weighted by molar-refractivity contribution is 0.00277. The summed E-state index contributed by atoms with van der Waals surface area (Å²) in [6.07, 6.45) is 9.14. The molecule has 2 bridgehead atoms. The van der Waals surface area contributed by atoms with Crippen LogP contribution in [0.2, 0.25) is 0 Å². The van der Waals surface area contributed by atoms with Gasteiger partial charge in [0, 0.05) is 31.2 Å². The number of fused-ring (bicyclic) bond motifs is 6. The highest BCUT2D eigenvalue weighted by molar-refractivity contribution is 5.18. The molecular weight excluding hydrogens is 232 g/mol. The molecule has 2 aliphatic heterocycles. The van der Waals surface area contributed by atoms with Crippen LogP contribution >= 0.6 is 0 Å². The average molecular weight is 260 g/mol. The number of nitrogens with zero attached hydrogens (tertiary/aromatic N) is 2. The average Bonchev–Trinajstić information content (AvgIpc) is 2.85. The van der Waals surface area contributed by atoms with E-state index in [9.17, 15) is 0 Å². The van der Waals surface area contributed by atoms with E-state index < -0.39 is 0 Å². The number of piperidine rings is 1. The Morgan fingerprint density at radius 2 is 1.68 bits per heavy atom. The molecule has 6 unspecified atom stereocenters. The zero-order valence-corrected chi connectivity index (χ0v) is 12.3. The molecule has 2 saturated heterocycles. The monoisotopic (exact) mass is 260 g/mol. The molecule has 0 N–H and O–H groups in total. The van der Waals surface area contributed by atoms with Crippen LogP contribution in [0.25, 0.3) is 0 Å². The summed E-state index contributed by atoms with van der Waals surface area (Å²) in [5, 5.41) is 0. The standard InChI is InChI=1S/C17H28N2/c1-11-9-18-7-3-2-4-14(18)10-19(11)17-15-12-5-6-13(8-12)16(15)17/h11-17H,2-10H2,1H3. The predicted molar refractivity (Wildman–Crippen MR) is 77.0 cm³/mol. The largest absolute Gasteiger partial charge is 0.298 e. The van der Waals surface area contributed by atoms with Crippen molar-refractivity contribution in [2.24, 2.45) is 23.7 Å². The third kappa shape index (κ3) is 1.56. The molecule has 5 aliphatic rings. The van der Waals surface area contributed by atoms with Crippen LogP contribution in [0.1, 0.15) is 45.4 Å². The molecule has 19 heavy (non-hydrogen) atoms. The van der Waals surface area contributed by atoms with Crippen molar-refractivity contribution in [1.82, 2.24) is 9.80 Å². The molecule has 2 nitrogen and oxygen atoms in total. The Balaban J connectivity index is 1.33. The van der Waals surface area contributed by atoms with Crippen LogP contribution < -0.4 is 0 Å². The van der Waals surface area contributed by atoms with Gasteiger partial charge in [-0.3, -0.25) is 9.80 Å². The summed E-state index contributed by atoms with van der Waals surface area (Å²) in [4.78, 5) is 5.77. The van der Waals surface area contributed by atoms with Gasteiger partial charge in [-0.1, -0.05) is 6.42 Å². The fraction of sp³-hybridized carbons (Fsp3) is 1.00. The van der Waals surface area contributed by atoms with Crippen LogP contribution in [0.5, 0.6) is 0 Å². The Labute approximate surface area is 117 Å². The van der Waals surface area contributed by atoms with Crippen molar-refractivity contribution < 1.29 is 0 Å². The molecule has 0 spiro atoms. The van der Waals surface area contributed by atoms with E-state index in [2.05, 4.69) is 16.7 Å². The smallest absolute Gasteiger partial charge is 0.0224 e. The first kappa shape index (κ1) is 11.6. The molecule has 5 rings (SSSR count). The third-order valence-electron chi connectivity index (χ3n) is 7.31. The molecule has 2 heteroatoms. The van der Waals surface area contributed by atoms with Crippen LogP contribution in [0.4, 0.5) is 0 Å². The summed E-state index contributed by atoms with van der Waals surface area (Å²) < 4.78 is 0. The predicted octanol–water partition coefficient (Wildman–Crippen LogP) is 2.59. The van der Waals surface area contributed by atoms with Crippen LogP contribution in [0.3, 0.4) is 0 Å².